The van der Waals surface area contributed by atoms with Gasteiger partial charge in [-0.2, -0.15) is 35.3 Å². The van der Waals surface area contributed by atoms with E-state index in [1.54, 1.807) is 55.9 Å². The minimum atomic E-state index is -2.73. The standard InChI is InChI=1S/C24H39F2N7O3Si.C16H31BF2N2O3Si.C14H22ClN5O2.C13H17F2N7.C10H17BrF2N2OSi.C9H21BO3.C3H8O.Li/c1-24(2,3)36-23(34)31(4)16-8-9-32(14-16)20-13-17(28-22(27)29-20)19-12-18(21(25)26)30-33(19)15-35-10-11-37(5,6)7;1-12(2)23-17(24-13(3)4)15-10-14(16(18)19)20-21(15)11-22-8-9-25(5,6)7;1-14(2,3)22-13(21)19(4)9-5-6-20(8-9)11-7-10(15)17-12(16)18-11;1-17-7-2-3-22(6-7)11-5-8(18-13(16)19-11)9-4-10(12(14)15)21-20-9;1-17(2,3)5-4-16-7-15-9(11)6-8(14-15)10(12)13;1-7(2)11-10(12-8(3)4)13-9(5)6;1-3(2)4;/h12-13,16,21H,8-11,14-15H2,1-7H3,(H2,27,28,29);10,12-13,16H,8-9,11H2,1-7H3;7,9H,5-6,8H2,1-4H3,(H2,16,17,18);4-5,7,12,17H,2-3,6H2,1H3,(H,20,21)(H2,16,18,19);6,10H,4-5,7H2,1-3H3;7-9H,1-6H3;3-4H,1-2H3;/q;-1;;;;;;+1/t16-;;9-;7-;;;;/m1.11..../s1. The Morgan fingerprint density at radius 1 is 0.525 bits per heavy atom. The van der Waals surface area contributed by atoms with E-state index < -0.39 is 75.6 Å². The zero-order valence-corrected chi connectivity index (χ0v) is 93.7. The van der Waals surface area contributed by atoms with Gasteiger partial charge in [0.25, 0.3) is 25.7 Å². The number of hydrogen-bond acceptors (Lipinski definition) is 30. The molecular formula is C89H155B2BrClF8LiN23O13Si3. The number of anilines is 6. The van der Waals surface area contributed by atoms with Gasteiger partial charge < -0.3 is 99.1 Å². The molecule has 52 heteroatoms. The van der Waals surface area contributed by atoms with E-state index in [1.807, 2.05) is 128 Å². The number of aromatic nitrogens is 14. The molecule has 141 heavy (non-hydrogen) atoms. The molecule has 10 rings (SSSR count). The maximum atomic E-state index is 13.5. The third kappa shape index (κ3) is 50.0. The number of carbonyl (C=O) groups is 2. The van der Waals surface area contributed by atoms with Gasteiger partial charge in [0.1, 0.15) is 87.1 Å². The summed E-state index contributed by atoms with van der Waals surface area (Å²) in [4.78, 5) is 59.0. The van der Waals surface area contributed by atoms with E-state index in [1.165, 1.54) is 38.3 Å². The normalized spacial score (nSPS) is 15.2. The van der Waals surface area contributed by atoms with Crippen LogP contribution in [0.2, 0.25) is 82.2 Å². The van der Waals surface area contributed by atoms with Gasteiger partial charge >= 0.3 is 38.4 Å². The van der Waals surface area contributed by atoms with Gasteiger partial charge in [-0.3, -0.25) is 9.78 Å². The molecule has 3 aliphatic rings. The Balaban J connectivity index is 0.000000443. The fraction of sp³-hybridized carbons (Fsp3) is 0.708. The molecule has 1 radical (unpaired) electrons. The van der Waals surface area contributed by atoms with Crippen molar-refractivity contribution in [2.24, 2.45) is 0 Å². The molecule has 0 spiro atoms. The van der Waals surface area contributed by atoms with Gasteiger partial charge in [-0.05, 0) is 209 Å². The number of ether oxygens (including phenoxy) is 5. The maximum absolute atomic E-state index is 13.5. The summed E-state index contributed by atoms with van der Waals surface area (Å²) in [5.74, 6) is 2.17. The molecule has 793 valence electrons. The van der Waals surface area contributed by atoms with Gasteiger partial charge in [0.2, 0.25) is 17.8 Å². The molecule has 7 aromatic rings. The van der Waals surface area contributed by atoms with E-state index in [0.717, 1.165) is 50.6 Å². The van der Waals surface area contributed by atoms with E-state index in [4.69, 9.17) is 80.9 Å². The first-order valence-electron chi connectivity index (χ1n) is 47.0. The number of alkyl halides is 8. The predicted octanol–water partition coefficient (Wildman–Crippen LogP) is 15.2. The molecule has 0 unspecified atom stereocenters. The van der Waals surface area contributed by atoms with Gasteiger partial charge in [-0.15, -0.1) is 0 Å². The number of aromatic amines is 1. The number of aliphatic hydroxyl groups excluding tert-OH is 1. The van der Waals surface area contributed by atoms with Gasteiger partial charge in [0.05, 0.1) is 29.2 Å². The summed E-state index contributed by atoms with van der Waals surface area (Å²) >= 11 is 9.08. The molecule has 3 saturated heterocycles. The summed E-state index contributed by atoms with van der Waals surface area (Å²) in [6, 6.07) is 13.7. The molecule has 0 aromatic carbocycles. The first kappa shape index (κ1) is 128. The third-order valence-electron chi connectivity index (χ3n) is 19.7. The number of nitrogens with one attached hydrogen (secondary N) is 2. The Morgan fingerprint density at radius 3 is 1.27 bits per heavy atom. The summed E-state index contributed by atoms with van der Waals surface area (Å²) in [7, 11) is 0.468. The molecule has 0 bridgehead atoms. The third-order valence-corrected chi connectivity index (χ3v) is 25.7. The maximum Gasteiger partial charge on any atom is 1.00 e. The van der Waals surface area contributed by atoms with Crippen LogP contribution >= 0.6 is 27.5 Å². The van der Waals surface area contributed by atoms with Gasteiger partial charge in [-0.1, -0.05) is 76.1 Å². The van der Waals surface area contributed by atoms with E-state index in [-0.39, 0.29) is 141 Å². The zero-order chi connectivity index (χ0) is 106. The van der Waals surface area contributed by atoms with Crippen molar-refractivity contribution in [2.45, 2.75) is 333 Å². The van der Waals surface area contributed by atoms with Crippen LogP contribution in [0.1, 0.15) is 192 Å². The number of carbonyl (C=O) groups excluding carboxylic acids is 2. The molecule has 7 aromatic heterocycles. The van der Waals surface area contributed by atoms with Crippen molar-refractivity contribution in [3.63, 3.8) is 0 Å². The van der Waals surface area contributed by atoms with Crippen LogP contribution in [-0.2, 0) is 67.1 Å². The number of nitrogens with two attached hydrogens (primary N) is 3. The van der Waals surface area contributed by atoms with Crippen LogP contribution in [0, 0.1) is 0 Å². The first-order valence-corrected chi connectivity index (χ1v) is 59.3. The molecular weight excluding hydrogens is 1980 g/mol. The smallest absolute Gasteiger partial charge is 0.583 e. The van der Waals surface area contributed by atoms with Crippen LogP contribution in [0.25, 0.3) is 22.8 Å². The van der Waals surface area contributed by atoms with Crippen LogP contribution in [0.5, 0.6) is 0 Å². The number of halogens is 10. The Bertz CT molecular complexity index is 4760. The number of hydrogen-bond donors (Lipinski definition) is 6. The number of nitrogen functional groups attached to an aromatic ring is 3. The van der Waals surface area contributed by atoms with Crippen molar-refractivity contribution in [3.05, 3.63) is 75.0 Å². The molecule has 3 atom stereocenters. The van der Waals surface area contributed by atoms with Gasteiger partial charge in [0.15, 0.2) is 7.12 Å². The van der Waals surface area contributed by atoms with Crippen molar-refractivity contribution in [1.29, 1.82) is 0 Å². The van der Waals surface area contributed by atoms with Gasteiger partial charge in [-0.25, -0.2) is 69.0 Å². The number of likely N-dealkylation sites (N-methyl/N-ethyl adjacent to an activating group) is 3. The molecule has 2 amide bonds. The van der Waals surface area contributed by atoms with E-state index in [9.17, 15) is 44.7 Å². The number of amides is 2. The number of H-pyrrole nitrogens is 1. The van der Waals surface area contributed by atoms with Crippen molar-refractivity contribution in [1.82, 2.24) is 84.6 Å². The second-order valence-electron chi connectivity index (χ2n) is 41.0. The predicted molar refractivity (Wildman–Crippen MR) is 546 cm³/mol. The summed E-state index contributed by atoms with van der Waals surface area (Å²) in [6.07, 6.45) is -8.75. The minimum absolute atomic E-state index is 0. The summed E-state index contributed by atoms with van der Waals surface area (Å²) in [5.41, 5.74) is 17.1. The zero-order valence-electron chi connectivity index (χ0n) is 88.3. The Labute approximate surface area is 856 Å². The minimum Gasteiger partial charge on any atom is -0.583 e. The van der Waals surface area contributed by atoms with Crippen LogP contribution in [-0.4, -0.2) is 281 Å². The Kier molecular flexibility index (Phi) is 54.4. The van der Waals surface area contributed by atoms with E-state index >= 15 is 0 Å². The fourth-order valence-electron chi connectivity index (χ4n) is 12.7. The Morgan fingerprint density at radius 2 is 0.894 bits per heavy atom. The topological polar surface area (TPSA) is 412 Å². The molecule has 36 nitrogen and oxygen atoms in total. The first-order chi connectivity index (χ1) is 64.8. The summed E-state index contributed by atoms with van der Waals surface area (Å²) in [5, 5.41) is 29.5. The van der Waals surface area contributed by atoms with E-state index in [2.05, 4.69) is 140 Å². The number of aliphatic hydroxyl groups is 1. The average molecular weight is 2140 g/mol. The second kappa shape index (κ2) is 60.0. The van der Waals surface area contributed by atoms with Crippen LogP contribution in [0.3, 0.4) is 0 Å². The summed E-state index contributed by atoms with van der Waals surface area (Å²) < 4.78 is 163. The van der Waals surface area contributed by atoms with Crippen LogP contribution in [0.15, 0.2) is 47.1 Å². The average Bonchev–Trinajstić information content (AvgIpc) is 1.66. The van der Waals surface area contributed by atoms with Crippen molar-refractivity contribution >= 4 is 119 Å². The quantitative estimate of drug-likeness (QED) is 0.00906. The molecule has 0 aliphatic carbocycles. The van der Waals surface area contributed by atoms with Crippen molar-refractivity contribution in [2.75, 3.05) is 112 Å². The molecule has 0 saturated carbocycles. The molecule has 9 N–H and O–H groups in total. The number of nitrogens with zero attached hydrogens (tertiary/aromatic N) is 18. The van der Waals surface area contributed by atoms with Crippen LogP contribution in [0.4, 0.5) is 80.0 Å². The largest absolute Gasteiger partial charge is 1.00 e. The number of rotatable bonds is 38. The molecule has 3 fully saturated rings. The Hall–Kier alpha value is -7.39. The summed E-state index contributed by atoms with van der Waals surface area (Å²) in [6.45, 7) is 60.3. The van der Waals surface area contributed by atoms with Crippen LogP contribution < -0.4 is 61.7 Å². The van der Waals surface area contributed by atoms with Gasteiger partial charge in [0, 0.05) is 158 Å². The van der Waals surface area contributed by atoms with E-state index in [0.29, 0.717) is 107 Å². The van der Waals surface area contributed by atoms with Crippen molar-refractivity contribution < 1.29 is 116 Å². The molecule has 3 aliphatic heterocycles. The monoisotopic (exact) mass is 2130 g/mol. The second-order valence-corrected chi connectivity index (χ2v) is 59.0. The SMILES string of the molecule is CC(C)O.CC(C)OB(OC(C)C)OC(C)C.CC(C)O[B-](OC(C)C)c1cc(C(F)F)nn1COCC[Si](C)(C)C.CN(C(=O)OC(C)(C)C)[C@@H]1CCN(c2cc(-c3cc(C(F)F)nn3COCC[Si](C)(C)C)nc(N)n2)C1.CN(C(=O)OC(C)(C)C)[C@@H]1CCN(c2cc(Cl)nc(N)n2)C1.CN[C@@H]1CCN(c2cc(-c3cc(C(F)F)[nH]n3)nc(N)n2)C1.C[Si](C)(C)CCOCn1nc(C(F)F)cc1Br.[Li+]. The fourth-order valence-corrected chi connectivity index (χ4v) is 15.6. The molecule has 10 heterocycles. The van der Waals surface area contributed by atoms with Crippen molar-refractivity contribution in [3.8, 4) is 22.8 Å².